The van der Waals surface area contributed by atoms with Crippen molar-refractivity contribution < 1.29 is 19.1 Å². The summed E-state index contributed by atoms with van der Waals surface area (Å²) in [5.74, 6) is 1.60. The SMILES string of the molecule is CC1(OC(=O)N2C[C@@H]3[C@@H](CCNC(=O)/C=C/c4cccnc4)[C@@H]3C2)COC1. The second-order valence-electron chi connectivity index (χ2n) is 7.91. The van der Waals surface area contributed by atoms with Gasteiger partial charge in [-0.15, -0.1) is 0 Å². The summed E-state index contributed by atoms with van der Waals surface area (Å²) in [4.78, 5) is 29.9. The van der Waals surface area contributed by atoms with Crippen LogP contribution in [0.5, 0.6) is 0 Å². The molecule has 1 aromatic heterocycles. The van der Waals surface area contributed by atoms with Gasteiger partial charge in [0.1, 0.15) is 0 Å². The number of piperidine rings is 1. The minimum atomic E-state index is -0.448. The van der Waals surface area contributed by atoms with E-state index in [1.807, 2.05) is 24.0 Å². The molecule has 0 bridgehead atoms. The average molecular weight is 371 g/mol. The van der Waals surface area contributed by atoms with Gasteiger partial charge < -0.3 is 19.7 Å². The van der Waals surface area contributed by atoms with Crippen LogP contribution < -0.4 is 5.32 Å². The molecule has 2 aliphatic heterocycles. The standard InChI is InChI=1S/C20H25N3O4/c1-20(12-26-13-20)27-19(25)23-10-16-15(17(16)11-23)6-8-22-18(24)5-4-14-3-2-7-21-9-14/h2-5,7,9,15-17H,6,8,10-13H2,1H3,(H,22,24)/b5-4+/t15-,16-,17+. The molecule has 1 aliphatic carbocycles. The zero-order chi connectivity index (χ0) is 18.9. The summed E-state index contributed by atoms with van der Waals surface area (Å²) in [6, 6.07) is 3.74. The summed E-state index contributed by atoms with van der Waals surface area (Å²) in [5, 5.41) is 2.93. The number of aromatic nitrogens is 1. The van der Waals surface area contributed by atoms with Crippen molar-refractivity contribution in [2.24, 2.45) is 17.8 Å². The van der Waals surface area contributed by atoms with E-state index in [2.05, 4.69) is 10.3 Å². The van der Waals surface area contributed by atoms with E-state index in [-0.39, 0.29) is 12.0 Å². The molecule has 3 aliphatic rings. The van der Waals surface area contributed by atoms with E-state index < -0.39 is 5.60 Å². The number of fused-ring (bicyclic) bond motifs is 1. The predicted molar refractivity (Wildman–Crippen MR) is 98.6 cm³/mol. The molecule has 1 N–H and O–H groups in total. The lowest BCUT2D eigenvalue weighted by atomic mass is 10.1. The summed E-state index contributed by atoms with van der Waals surface area (Å²) in [6.07, 6.45) is 7.44. The van der Waals surface area contributed by atoms with Gasteiger partial charge in [-0.05, 0) is 48.8 Å². The van der Waals surface area contributed by atoms with Crippen molar-refractivity contribution in [1.29, 1.82) is 0 Å². The van der Waals surface area contributed by atoms with Gasteiger partial charge in [0, 0.05) is 38.1 Å². The molecule has 3 fully saturated rings. The number of pyridine rings is 1. The molecule has 1 saturated carbocycles. The zero-order valence-electron chi connectivity index (χ0n) is 15.5. The highest BCUT2D eigenvalue weighted by molar-refractivity contribution is 5.91. The molecular weight excluding hydrogens is 346 g/mol. The van der Waals surface area contributed by atoms with E-state index in [4.69, 9.17) is 9.47 Å². The minimum Gasteiger partial charge on any atom is -0.438 e. The molecule has 3 heterocycles. The average Bonchev–Trinajstić information content (AvgIpc) is 3.09. The highest BCUT2D eigenvalue weighted by Gasteiger charge is 2.56. The van der Waals surface area contributed by atoms with Crippen LogP contribution in [0.2, 0.25) is 0 Å². The van der Waals surface area contributed by atoms with Crippen LogP contribution in [0.4, 0.5) is 4.79 Å². The first-order chi connectivity index (χ1) is 13.0. The highest BCUT2D eigenvalue weighted by Crippen LogP contribution is 2.53. The maximum Gasteiger partial charge on any atom is 0.410 e. The molecule has 0 spiro atoms. The highest BCUT2D eigenvalue weighted by atomic mass is 16.6. The Hall–Kier alpha value is -2.41. The van der Waals surface area contributed by atoms with E-state index in [9.17, 15) is 9.59 Å². The molecule has 3 atom stereocenters. The molecule has 7 heteroatoms. The largest absolute Gasteiger partial charge is 0.438 e. The number of amides is 2. The Morgan fingerprint density at radius 2 is 2.19 bits per heavy atom. The van der Waals surface area contributed by atoms with Crippen molar-refractivity contribution in [3.05, 3.63) is 36.2 Å². The van der Waals surface area contributed by atoms with Gasteiger partial charge in [-0.3, -0.25) is 9.78 Å². The number of nitrogens with zero attached hydrogens (tertiary/aromatic N) is 2. The van der Waals surface area contributed by atoms with E-state index in [1.54, 1.807) is 18.5 Å². The Morgan fingerprint density at radius 1 is 1.41 bits per heavy atom. The first kappa shape index (κ1) is 18.0. The Balaban J connectivity index is 1.13. The normalized spacial score (nSPS) is 27.7. The molecule has 1 aromatic rings. The van der Waals surface area contributed by atoms with E-state index in [1.165, 1.54) is 6.08 Å². The fourth-order valence-corrected chi connectivity index (χ4v) is 4.02. The summed E-state index contributed by atoms with van der Waals surface area (Å²) in [5.41, 5.74) is 0.454. The van der Waals surface area contributed by atoms with Crippen LogP contribution in [-0.4, -0.2) is 60.3 Å². The van der Waals surface area contributed by atoms with Crippen LogP contribution in [0.1, 0.15) is 18.9 Å². The summed E-state index contributed by atoms with van der Waals surface area (Å²) < 4.78 is 10.6. The van der Waals surface area contributed by atoms with Crippen LogP contribution in [-0.2, 0) is 14.3 Å². The van der Waals surface area contributed by atoms with Crippen molar-refractivity contribution >= 4 is 18.1 Å². The lowest BCUT2D eigenvalue weighted by Crippen LogP contribution is -2.52. The molecule has 7 nitrogen and oxygen atoms in total. The van der Waals surface area contributed by atoms with E-state index in [0.717, 1.165) is 25.1 Å². The number of carbonyl (C=O) groups excluding carboxylic acids is 2. The number of likely N-dealkylation sites (tertiary alicyclic amines) is 1. The molecule has 0 aromatic carbocycles. The number of rotatable bonds is 6. The van der Waals surface area contributed by atoms with Crippen molar-refractivity contribution in [2.75, 3.05) is 32.8 Å². The molecule has 2 saturated heterocycles. The lowest BCUT2D eigenvalue weighted by molar-refractivity contribution is -0.171. The number of carbonyl (C=O) groups is 2. The Morgan fingerprint density at radius 3 is 2.81 bits per heavy atom. The molecule has 0 radical (unpaired) electrons. The topological polar surface area (TPSA) is 80.8 Å². The monoisotopic (exact) mass is 371 g/mol. The number of ether oxygens (including phenoxy) is 2. The fourth-order valence-electron chi connectivity index (χ4n) is 4.02. The van der Waals surface area contributed by atoms with Gasteiger partial charge in [0.05, 0.1) is 13.2 Å². The van der Waals surface area contributed by atoms with Crippen LogP contribution >= 0.6 is 0 Å². The minimum absolute atomic E-state index is 0.0918. The molecule has 2 amide bonds. The van der Waals surface area contributed by atoms with E-state index in [0.29, 0.717) is 37.5 Å². The summed E-state index contributed by atoms with van der Waals surface area (Å²) in [6.45, 7) is 5.06. The number of hydrogen-bond donors (Lipinski definition) is 1. The lowest BCUT2D eigenvalue weighted by Gasteiger charge is -2.38. The summed E-state index contributed by atoms with van der Waals surface area (Å²) in [7, 11) is 0. The quantitative estimate of drug-likeness (QED) is 0.770. The van der Waals surface area contributed by atoms with E-state index >= 15 is 0 Å². The van der Waals surface area contributed by atoms with Gasteiger partial charge in [0.25, 0.3) is 0 Å². The fraction of sp³-hybridized carbons (Fsp3) is 0.550. The Kier molecular flexibility index (Phi) is 4.86. The molecular formula is C20H25N3O4. The Labute approximate surface area is 158 Å². The zero-order valence-corrected chi connectivity index (χ0v) is 15.5. The third-order valence-corrected chi connectivity index (χ3v) is 5.67. The number of nitrogens with one attached hydrogen (secondary N) is 1. The second kappa shape index (κ2) is 7.31. The molecule has 144 valence electrons. The van der Waals surface area contributed by atoms with Crippen molar-refractivity contribution in [1.82, 2.24) is 15.2 Å². The molecule has 0 unspecified atom stereocenters. The maximum atomic E-state index is 12.2. The van der Waals surface area contributed by atoms with Crippen molar-refractivity contribution in [3.63, 3.8) is 0 Å². The number of hydrogen-bond acceptors (Lipinski definition) is 5. The van der Waals surface area contributed by atoms with Crippen LogP contribution in [0.15, 0.2) is 30.6 Å². The van der Waals surface area contributed by atoms with Gasteiger partial charge in [0.15, 0.2) is 5.60 Å². The van der Waals surface area contributed by atoms with Gasteiger partial charge >= 0.3 is 6.09 Å². The van der Waals surface area contributed by atoms with Crippen molar-refractivity contribution in [2.45, 2.75) is 18.9 Å². The van der Waals surface area contributed by atoms with Gasteiger partial charge in [0.2, 0.25) is 5.91 Å². The summed E-state index contributed by atoms with van der Waals surface area (Å²) >= 11 is 0. The second-order valence-corrected chi connectivity index (χ2v) is 7.91. The van der Waals surface area contributed by atoms with Crippen LogP contribution in [0, 0.1) is 17.8 Å². The predicted octanol–water partition coefficient (Wildman–Crippen LogP) is 1.70. The third kappa shape index (κ3) is 4.13. The maximum absolute atomic E-state index is 12.2. The van der Waals surface area contributed by atoms with Crippen LogP contribution in [0.25, 0.3) is 6.08 Å². The van der Waals surface area contributed by atoms with Gasteiger partial charge in [-0.25, -0.2) is 4.79 Å². The smallest absolute Gasteiger partial charge is 0.410 e. The third-order valence-electron chi connectivity index (χ3n) is 5.67. The van der Waals surface area contributed by atoms with Gasteiger partial charge in [-0.1, -0.05) is 6.07 Å². The van der Waals surface area contributed by atoms with Gasteiger partial charge in [-0.2, -0.15) is 0 Å². The first-order valence-corrected chi connectivity index (χ1v) is 9.46. The molecule has 4 rings (SSSR count). The van der Waals surface area contributed by atoms with Crippen molar-refractivity contribution in [3.8, 4) is 0 Å². The first-order valence-electron chi connectivity index (χ1n) is 9.46. The van der Waals surface area contributed by atoms with Crippen LogP contribution in [0.3, 0.4) is 0 Å². The Bertz CT molecular complexity index is 720. The molecule has 27 heavy (non-hydrogen) atoms.